The molecule has 0 amide bonds. The molecule has 1 saturated carbocycles. The maximum absolute atomic E-state index is 11.1. The summed E-state index contributed by atoms with van der Waals surface area (Å²) in [7, 11) is 0. The number of hydrogen-bond acceptors (Lipinski definition) is 4. The second-order valence-electron chi connectivity index (χ2n) is 5.87. The number of carbonyl (C=O) groups is 1. The van der Waals surface area contributed by atoms with E-state index in [9.17, 15) is 4.79 Å². The fourth-order valence-electron chi connectivity index (χ4n) is 3.09. The van der Waals surface area contributed by atoms with E-state index in [2.05, 4.69) is 39.5 Å². The quantitative estimate of drug-likeness (QED) is 0.809. The molecule has 0 atom stereocenters. The van der Waals surface area contributed by atoms with Crippen molar-refractivity contribution in [3.8, 4) is 5.69 Å². The minimum absolute atomic E-state index is 0.443. The number of hydrogen-bond donors (Lipinski definition) is 0. The Hall–Kier alpha value is -2.17. The van der Waals surface area contributed by atoms with Crippen LogP contribution in [0.25, 0.3) is 5.69 Å². The number of aldehydes is 1. The Labute approximate surface area is 123 Å². The molecule has 0 spiro atoms. The summed E-state index contributed by atoms with van der Waals surface area (Å²) < 4.78 is 1.83. The van der Waals surface area contributed by atoms with Gasteiger partial charge in [0.05, 0.1) is 11.4 Å². The highest BCUT2D eigenvalue weighted by Crippen LogP contribution is 2.41. The molecule has 5 nitrogen and oxygen atoms in total. The summed E-state index contributed by atoms with van der Waals surface area (Å²) in [5, 5.41) is 8.17. The summed E-state index contributed by atoms with van der Waals surface area (Å²) in [5.74, 6) is 0.443. The summed E-state index contributed by atoms with van der Waals surface area (Å²) in [6.07, 6.45) is 5.62. The first-order chi connectivity index (χ1) is 10.4. The highest BCUT2D eigenvalue weighted by atomic mass is 16.1. The van der Waals surface area contributed by atoms with Gasteiger partial charge in [-0.3, -0.25) is 4.79 Å². The van der Waals surface area contributed by atoms with Gasteiger partial charge in [-0.15, -0.1) is 5.10 Å². The van der Waals surface area contributed by atoms with Crippen molar-refractivity contribution in [2.24, 2.45) is 0 Å². The van der Waals surface area contributed by atoms with Crippen LogP contribution in [0, 0.1) is 0 Å². The Morgan fingerprint density at radius 3 is 2.33 bits per heavy atom. The lowest BCUT2D eigenvalue weighted by Crippen LogP contribution is -2.17. The minimum Gasteiger partial charge on any atom is -0.372 e. The van der Waals surface area contributed by atoms with E-state index in [0.29, 0.717) is 11.6 Å². The molecule has 0 bridgehead atoms. The molecule has 1 saturated heterocycles. The van der Waals surface area contributed by atoms with Gasteiger partial charge in [-0.05, 0) is 49.9 Å². The van der Waals surface area contributed by atoms with E-state index in [1.165, 1.54) is 18.5 Å². The maximum atomic E-state index is 11.1. The van der Waals surface area contributed by atoms with E-state index in [1.54, 1.807) is 0 Å². The first-order valence-corrected chi connectivity index (χ1v) is 7.63. The smallest absolute Gasteiger partial charge is 0.172 e. The average Bonchev–Trinajstić information content (AvgIpc) is 3.06. The predicted molar refractivity (Wildman–Crippen MR) is 80.2 cm³/mol. The average molecular weight is 282 g/mol. The second-order valence-corrected chi connectivity index (χ2v) is 5.87. The molecule has 1 aromatic carbocycles. The first kappa shape index (κ1) is 12.6. The van der Waals surface area contributed by atoms with Crippen LogP contribution in [0.5, 0.6) is 0 Å². The first-order valence-electron chi connectivity index (χ1n) is 7.63. The van der Waals surface area contributed by atoms with Gasteiger partial charge in [0.15, 0.2) is 6.29 Å². The van der Waals surface area contributed by atoms with E-state index < -0.39 is 0 Å². The van der Waals surface area contributed by atoms with Crippen LogP contribution in [0.15, 0.2) is 24.3 Å². The molecule has 108 valence electrons. The fraction of sp³-hybridized carbons (Fsp3) is 0.438. The molecule has 2 fully saturated rings. The molecule has 1 aromatic heterocycles. The van der Waals surface area contributed by atoms with Crippen molar-refractivity contribution in [3.63, 3.8) is 0 Å². The van der Waals surface area contributed by atoms with Gasteiger partial charge in [-0.1, -0.05) is 5.21 Å². The number of nitrogens with zero attached hydrogens (tertiary/aromatic N) is 4. The SMILES string of the molecule is O=Cc1nnn(-c2ccc(N3CCCC3)cc2)c1C1CC1. The topological polar surface area (TPSA) is 51.0 Å². The van der Waals surface area contributed by atoms with Gasteiger partial charge in [0.2, 0.25) is 0 Å². The monoisotopic (exact) mass is 282 g/mol. The largest absolute Gasteiger partial charge is 0.372 e. The molecule has 5 heteroatoms. The molecular formula is C16H18N4O. The van der Waals surface area contributed by atoms with Crippen LogP contribution in [-0.4, -0.2) is 34.4 Å². The number of benzene rings is 1. The molecule has 0 radical (unpaired) electrons. The molecule has 4 rings (SSSR count). The standard InChI is InChI=1S/C16H18N4O/c21-11-15-16(12-3-4-12)20(18-17-15)14-7-5-13(6-8-14)19-9-1-2-10-19/h5-8,11-12H,1-4,9-10H2. The Morgan fingerprint density at radius 2 is 1.71 bits per heavy atom. The lowest BCUT2D eigenvalue weighted by molar-refractivity contribution is 0.111. The normalized spacial score (nSPS) is 18.2. The van der Waals surface area contributed by atoms with E-state index in [4.69, 9.17) is 0 Å². The van der Waals surface area contributed by atoms with Crippen molar-refractivity contribution in [1.82, 2.24) is 15.0 Å². The van der Waals surface area contributed by atoms with E-state index in [0.717, 1.165) is 43.6 Å². The van der Waals surface area contributed by atoms with Crippen LogP contribution in [0.4, 0.5) is 5.69 Å². The van der Waals surface area contributed by atoms with Crippen LogP contribution >= 0.6 is 0 Å². The fourth-order valence-corrected chi connectivity index (χ4v) is 3.09. The van der Waals surface area contributed by atoms with Gasteiger partial charge in [-0.25, -0.2) is 4.68 Å². The molecular weight excluding hydrogens is 264 g/mol. The molecule has 1 aliphatic carbocycles. The van der Waals surface area contributed by atoms with Gasteiger partial charge < -0.3 is 4.90 Å². The zero-order valence-corrected chi connectivity index (χ0v) is 11.9. The van der Waals surface area contributed by atoms with E-state index in [1.807, 2.05) is 4.68 Å². The molecule has 21 heavy (non-hydrogen) atoms. The van der Waals surface area contributed by atoms with Crippen LogP contribution in [-0.2, 0) is 0 Å². The van der Waals surface area contributed by atoms with Crippen molar-refractivity contribution in [1.29, 1.82) is 0 Å². The Balaban J connectivity index is 1.67. The van der Waals surface area contributed by atoms with Crippen LogP contribution in [0.2, 0.25) is 0 Å². The van der Waals surface area contributed by atoms with Crippen molar-refractivity contribution in [2.45, 2.75) is 31.6 Å². The van der Waals surface area contributed by atoms with Crippen molar-refractivity contribution < 1.29 is 4.79 Å². The molecule has 1 aliphatic heterocycles. The summed E-state index contributed by atoms with van der Waals surface area (Å²) >= 11 is 0. The Bertz CT molecular complexity index is 651. The zero-order chi connectivity index (χ0) is 14.2. The van der Waals surface area contributed by atoms with E-state index in [-0.39, 0.29) is 0 Å². The highest BCUT2D eigenvalue weighted by molar-refractivity contribution is 5.74. The zero-order valence-electron chi connectivity index (χ0n) is 11.9. The second kappa shape index (κ2) is 4.98. The molecule has 0 N–H and O–H groups in total. The van der Waals surface area contributed by atoms with Crippen LogP contribution in [0.3, 0.4) is 0 Å². The third-order valence-corrected chi connectivity index (χ3v) is 4.37. The molecule has 2 heterocycles. The summed E-state index contributed by atoms with van der Waals surface area (Å²) in [5.41, 5.74) is 3.71. The van der Waals surface area contributed by atoms with Crippen molar-refractivity contribution in [3.05, 3.63) is 35.7 Å². The molecule has 2 aromatic rings. The highest BCUT2D eigenvalue weighted by Gasteiger charge is 2.31. The number of aromatic nitrogens is 3. The van der Waals surface area contributed by atoms with Crippen LogP contribution in [0.1, 0.15) is 47.8 Å². The Kier molecular flexibility index (Phi) is 2.98. The lowest BCUT2D eigenvalue weighted by atomic mass is 10.2. The lowest BCUT2D eigenvalue weighted by Gasteiger charge is -2.17. The third-order valence-electron chi connectivity index (χ3n) is 4.37. The number of anilines is 1. The minimum atomic E-state index is 0.443. The van der Waals surface area contributed by atoms with Crippen molar-refractivity contribution >= 4 is 12.0 Å². The number of carbonyl (C=O) groups excluding carboxylic acids is 1. The van der Waals surface area contributed by atoms with Gasteiger partial charge in [0.25, 0.3) is 0 Å². The van der Waals surface area contributed by atoms with Gasteiger partial charge in [0, 0.05) is 24.7 Å². The summed E-state index contributed by atoms with van der Waals surface area (Å²) in [4.78, 5) is 13.5. The van der Waals surface area contributed by atoms with Crippen LogP contribution < -0.4 is 4.90 Å². The van der Waals surface area contributed by atoms with Crippen molar-refractivity contribution in [2.75, 3.05) is 18.0 Å². The van der Waals surface area contributed by atoms with Gasteiger partial charge >= 0.3 is 0 Å². The summed E-state index contributed by atoms with van der Waals surface area (Å²) in [6.45, 7) is 2.29. The Morgan fingerprint density at radius 1 is 1.05 bits per heavy atom. The molecule has 2 aliphatic rings. The number of rotatable bonds is 4. The maximum Gasteiger partial charge on any atom is 0.172 e. The predicted octanol–water partition coefficient (Wildman–Crippen LogP) is 2.56. The van der Waals surface area contributed by atoms with E-state index >= 15 is 0 Å². The third kappa shape index (κ3) is 2.22. The molecule has 0 unspecified atom stereocenters. The summed E-state index contributed by atoms with van der Waals surface area (Å²) in [6, 6.07) is 8.42. The van der Waals surface area contributed by atoms with Gasteiger partial charge in [-0.2, -0.15) is 0 Å². The van der Waals surface area contributed by atoms with Gasteiger partial charge in [0.1, 0.15) is 5.69 Å².